The van der Waals surface area contributed by atoms with Gasteiger partial charge in [-0.1, -0.05) is 18.3 Å². The monoisotopic (exact) mass is 177 g/mol. The van der Waals surface area contributed by atoms with Gasteiger partial charge in [0.1, 0.15) is 5.58 Å². The summed E-state index contributed by atoms with van der Waals surface area (Å²) in [7, 11) is 0. The topological polar surface area (TPSA) is 39.2 Å². The Morgan fingerprint density at radius 2 is 2.08 bits per heavy atom. The first-order valence-corrected chi connectivity index (χ1v) is 3.96. The van der Waals surface area contributed by atoms with E-state index >= 15 is 0 Å². The van der Waals surface area contributed by atoms with Crippen LogP contribution in [0.5, 0.6) is 0 Å². The van der Waals surface area contributed by atoms with Crippen LogP contribution in [-0.2, 0) is 0 Å². The number of hydrogen-bond acceptors (Lipinski definition) is 3. The summed E-state index contributed by atoms with van der Waals surface area (Å²) in [5, 5.41) is 0.829. The molecule has 0 aliphatic heterocycles. The molecule has 0 amide bonds. The molecule has 1 heterocycles. The van der Waals surface area contributed by atoms with Crippen molar-refractivity contribution >= 4 is 28.9 Å². The Morgan fingerprint density at radius 1 is 1.25 bits per heavy atom. The van der Waals surface area contributed by atoms with Gasteiger partial charge in [0.2, 0.25) is 0 Å². The Balaban J connectivity index is 3.07. The summed E-state index contributed by atoms with van der Waals surface area (Å²) in [4.78, 5) is 0. The first-order chi connectivity index (χ1) is 5.79. The third-order valence-corrected chi connectivity index (χ3v) is 2.06. The Morgan fingerprint density at radius 3 is 2.83 bits per heavy atom. The zero-order valence-electron chi connectivity index (χ0n) is 6.28. The highest BCUT2D eigenvalue weighted by Crippen LogP contribution is 2.21. The molecule has 60 valence electrons. The molecule has 1 aromatic carbocycles. The van der Waals surface area contributed by atoms with Crippen molar-refractivity contribution in [3.8, 4) is 0 Å². The second-order valence-electron chi connectivity index (χ2n) is 2.51. The Kier molecular flexibility index (Phi) is 1.59. The van der Waals surface area contributed by atoms with Crippen molar-refractivity contribution in [1.82, 2.24) is 0 Å². The molecule has 2 N–H and O–H groups in total. The fourth-order valence-electron chi connectivity index (χ4n) is 1.16. The van der Waals surface area contributed by atoms with E-state index in [9.17, 15) is 0 Å². The number of fused-ring (bicyclic) bond motifs is 1. The van der Waals surface area contributed by atoms with Crippen LogP contribution in [0.3, 0.4) is 0 Å². The fourth-order valence-corrected chi connectivity index (χ4v) is 1.44. The molecule has 0 saturated heterocycles. The summed E-state index contributed by atoms with van der Waals surface area (Å²) in [6, 6.07) is 7.24. The lowest BCUT2D eigenvalue weighted by molar-refractivity contribution is 0.603. The molecule has 0 atom stereocenters. The third kappa shape index (κ3) is 0.987. The quantitative estimate of drug-likeness (QED) is 0.496. The standard InChI is InChI=1S/C9H7NOS/c10-6-2-1-3-7-9(6)8(12)4-5-11-7/h1-5H,10H2. The molecule has 12 heavy (non-hydrogen) atoms. The number of nitrogen functional groups attached to an aromatic ring is 1. The molecule has 2 rings (SSSR count). The van der Waals surface area contributed by atoms with E-state index in [4.69, 9.17) is 22.4 Å². The van der Waals surface area contributed by atoms with Crippen molar-refractivity contribution in [2.24, 2.45) is 0 Å². The van der Waals surface area contributed by atoms with Gasteiger partial charge in [-0.25, -0.2) is 0 Å². The van der Waals surface area contributed by atoms with E-state index < -0.39 is 0 Å². The highest BCUT2D eigenvalue weighted by Gasteiger charge is 1.98. The van der Waals surface area contributed by atoms with E-state index in [1.165, 1.54) is 0 Å². The van der Waals surface area contributed by atoms with Gasteiger partial charge in [-0.3, -0.25) is 0 Å². The van der Waals surface area contributed by atoms with Gasteiger partial charge >= 0.3 is 0 Å². The molecule has 0 saturated carbocycles. The molecule has 3 heteroatoms. The SMILES string of the molecule is Nc1cccc2occc(=S)c12. The zero-order chi connectivity index (χ0) is 8.55. The minimum Gasteiger partial charge on any atom is -0.464 e. The Bertz CT molecular complexity index is 470. The predicted octanol–water partition coefficient (Wildman–Crippen LogP) is 2.74. The second-order valence-corrected chi connectivity index (χ2v) is 2.95. The highest BCUT2D eigenvalue weighted by atomic mass is 32.1. The molecule has 2 aromatic rings. The molecule has 0 aliphatic rings. The van der Waals surface area contributed by atoms with Gasteiger partial charge in [0.15, 0.2) is 0 Å². The van der Waals surface area contributed by atoms with Gasteiger partial charge in [-0.15, -0.1) is 0 Å². The number of rotatable bonds is 0. The van der Waals surface area contributed by atoms with Crippen molar-refractivity contribution < 1.29 is 4.42 Å². The first-order valence-electron chi connectivity index (χ1n) is 3.55. The van der Waals surface area contributed by atoms with E-state index in [1.54, 1.807) is 12.3 Å². The van der Waals surface area contributed by atoms with Crippen LogP contribution in [0.2, 0.25) is 0 Å². The summed E-state index contributed by atoms with van der Waals surface area (Å²) < 4.78 is 5.96. The number of hydrogen-bond donors (Lipinski definition) is 1. The second kappa shape index (κ2) is 2.60. The molecule has 0 aliphatic carbocycles. The lowest BCUT2D eigenvalue weighted by Crippen LogP contribution is -1.86. The van der Waals surface area contributed by atoms with E-state index in [2.05, 4.69) is 0 Å². The molecule has 0 bridgehead atoms. The van der Waals surface area contributed by atoms with Crippen LogP contribution in [0, 0.1) is 4.51 Å². The minimum atomic E-state index is 0.668. The average Bonchev–Trinajstić information content (AvgIpc) is 2.04. The largest absolute Gasteiger partial charge is 0.464 e. The van der Waals surface area contributed by atoms with Gasteiger partial charge < -0.3 is 10.2 Å². The summed E-state index contributed by atoms with van der Waals surface area (Å²) in [5.74, 6) is 0. The average molecular weight is 177 g/mol. The summed E-state index contributed by atoms with van der Waals surface area (Å²) >= 11 is 5.10. The molecule has 0 radical (unpaired) electrons. The molecule has 0 fully saturated rings. The van der Waals surface area contributed by atoms with E-state index in [0.29, 0.717) is 5.69 Å². The third-order valence-electron chi connectivity index (χ3n) is 1.72. The van der Waals surface area contributed by atoms with Crippen molar-refractivity contribution in [1.29, 1.82) is 0 Å². The molecule has 0 spiro atoms. The lowest BCUT2D eigenvalue weighted by Gasteiger charge is -1.98. The summed E-state index contributed by atoms with van der Waals surface area (Å²) in [6.07, 6.45) is 1.57. The zero-order valence-corrected chi connectivity index (χ0v) is 7.10. The highest BCUT2D eigenvalue weighted by molar-refractivity contribution is 7.71. The maximum atomic E-state index is 5.73. The first kappa shape index (κ1) is 7.31. The van der Waals surface area contributed by atoms with Crippen LogP contribution < -0.4 is 5.73 Å². The normalized spacial score (nSPS) is 10.3. The number of nitrogens with two attached hydrogens (primary N) is 1. The van der Waals surface area contributed by atoms with Gasteiger partial charge in [0.05, 0.1) is 16.2 Å². The summed E-state index contributed by atoms with van der Waals surface area (Å²) in [5.41, 5.74) is 7.14. The Hall–Kier alpha value is -1.35. The Labute approximate surface area is 74.6 Å². The van der Waals surface area contributed by atoms with E-state index in [-0.39, 0.29) is 0 Å². The van der Waals surface area contributed by atoms with Crippen molar-refractivity contribution in [3.05, 3.63) is 35.0 Å². The van der Waals surface area contributed by atoms with Gasteiger partial charge in [-0.2, -0.15) is 0 Å². The molecular weight excluding hydrogens is 170 g/mol. The molecule has 1 aromatic heterocycles. The van der Waals surface area contributed by atoms with Gasteiger partial charge in [-0.05, 0) is 18.2 Å². The number of anilines is 1. The van der Waals surface area contributed by atoms with E-state index in [0.717, 1.165) is 15.5 Å². The smallest absolute Gasteiger partial charge is 0.137 e. The predicted molar refractivity (Wildman–Crippen MR) is 51.5 cm³/mol. The van der Waals surface area contributed by atoms with Crippen LogP contribution in [-0.4, -0.2) is 0 Å². The van der Waals surface area contributed by atoms with Gasteiger partial charge in [0.25, 0.3) is 0 Å². The van der Waals surface area contributed by atoms with Crippen molar-refractivity contribution in [3.63, 3.8) is 0 Å². The van der Waals surface area contributed by atoms with Crippen LogP contribution in [0.1, 0.15) is 0 Å². The minimum absolute atomic E-state index is 0.668. The molecule has 2 nitrogen and oxygen atoms in total. The molecule has 0 unspecified atom stereocenters. The van der Waals surface area contributed by atoms with Crippen LogP contribution in [0.25, 0.3) is 11.0 Å². The van der Waals surface area contributed by atoms with E-state index in [1.807, 2.05) is 18.2 Å². The fraction of sp³-hybridized carbons (Fsp3) is 0. The lowest BCUT2D eigenvalue weighted by atomic mass is 10.2. The van der Waals surface area contributed by atoms with Crippen molar-refractivity contribution in [2.45, 2.75) is 0 Å². The van der Waals surface area contributed by atoms with Crippen LogP contribution >= 0.6 is 12.2 Å². The number of benzene rings is 1. The summed E-state index contributed by atoms with van der Waals surface area (Å²) in [6.45, 7) is 0. The maximum Gasteiger partial charge on any atom is 0.137 e. The van der Waals surface area contributed by atoms with Crippen LogP contribution in [0.15, 0.2) is 34.9 Å². The van der Waals surface area contributed by atoms with Crippen molar-refractivity contribution in [2.75, 3.05) is 5.73 Å². The van der Waals surface area contributed by atoms with Gasteiger partial charge in [0, 0.05) is 5.69 Å². The maximum absolute atomic E-state index is 5.73. The molecular formula is C9H7NOS. The van der Waals surface area contributed by atoms with Crippen LogP contribution in [0.4, 0.5) is 5.69 Å².